The van der Waals surface area contributed by atoms with Gasteiger partial charge in [0.1, 0.15) is 11.6 Å². The Bertz CT molecular complexity index is 682. The number of nitrogens with one attached hydrogen (secondary N) is 1. The summed E-state index contributed by atoms with van der Waals surface area (Å²) in [5.41, 5.74) is 0.110. The van der Waals surface area contributed by atoms with E-state index < -0.39 is 23.9 Å². The molecule has 7 heteroatoms. The lowest BCUT2D eigenvalue weighted by Crippen LogP contribution is -2.17. The first-order valence-corrected chi connectivity index (χ1v) is 5.96. The monoisotopic (exact) mass is 288 g/mol. The molecular weight excluding hydrogens is 276 g/mol. The van der Waals surface area contributed by atoms with Crippen LogP contribution in [0.4, 0.5) is 5.82 Å². The van der Waals surface area contributed by atoms with Crippen LogP contribution in [0.3, 0.4) is 0 Å². The topological polar surface area (TPSA) is 120 Å². The van der Waals surface area contributed by atoms with Crippen LogP contribution in [0.5, 0.6) is 17.2 Å². The van der Waals surface area contributed by atoms with E-state index in [1.165, 1.54) is 24.3 Å². The highest BCUT2D eigenvalue weighted by atomic mass is 16.3. The molecule has 2 rings (SSSR count). The van der Waals surface area contributed by atoms with Gasteiger partial charge in [0.15, 0.2) is 17.3 Å². The first-order valence-electron chi connectivity index (χ1n) is 5.96. The molecule has 0 unspecified atom stereocenters. The highest BCUT2D eigenvalue weighted by Crippen LogP contribution is 2.25. The number of phenols is 2. The fourth-order valence-electron chi connectivity index (χ4n) is 1.59. The normalized spacial score (nSPS) is 10.1. The van der Waals surface area contributed by atoms with Crippen LogP contribution < -0.4 is 5.32 Å². The number of carbonyl (C=O) groups is 2. The number of hydrogen-bond donors (Lipinski definition) is 4. The smallest absolute Gasteiger partial charge is 0.233 e. The number of hydrogen-bond acceptors (Lipinski definition) is 6. The summed E-state index contributed by atoms with van der Waals surface area (Å²) >= 11 is 0. The summed E-state index contributed by atoms with van der Waals surface area (Å²) in [5, 5.41) is 29.9. The summed E-state index contributed by atoms with van der Waals surface area (Å²) in [6, 6.07) is 6.31. The standard InChI is InChI=1S/C14H12N2O5/c17-9-2-4-13(15-7-9)16-14(21)6-11(19)8-1-3-10(18)12(20)5-8/h1-5,7,17-18,20H,6H2,(H,15,16,21). The number of amides is 1. The molecule has 2 aromatic rings. The van der Waals surface area contributed by atoms with Crippen LogP contribution in [-0.4, -0.2) is 32.0 Å². The molecule has 0 aliphatic carbocycles. The Hall–Kier alpha value is -3.09. The molecule has 4 N–H and O–H groups in total. The predicted molar refractivity (Wildman–Crippen MR) is 73.3 cm³/mol. The van der Waals surface area contributed by atoms with Crippen LogP contribution in [-0.2, 0) is 4.79 Å². The van der Waals surface area contributed by atoms with Crippen molar-refractivity contribution in [1.29, 1.82) is 0 Å². The maximum atomic E-state index is 11.8. The minimum atomic E-state index is -0.578. The number of carbonyl (C=O) groups excluding carboxylic acids is 2. The van der Waals surface area contributed by atoms with Crippen molar-refractivity contribution >= 4 is 17.5 Å². The Kier molecular flexibility index (Phi) is 4.03. The molecule has 0 spiro atoms. The van der Waals surface area contributed by atoms with Gasteiger partial charge in [-0.05, 0) is 30.3 Å². The first kappa shape index (κ1) is 14.3. The second-order valence-electron chi connectivity index (χ2n) is 4.25. The molecule has 7 nitrogen and oxygen atoms in total. The Morgan fingerprint density at radius 1 is 1.05 bits per heavy atom. The zero-order valence-corrected chi connectivity index (χ0v) is 10.8. The maximum absolute atomic E-state index is 11.8. The fraction of sp³-hybridized carbons (Fsp3) is 0.0714. The van der Waals surface area contributed by atoms with Crippen LogP contribution in [0.1, 0.15) is 16.8 Å². The molecule has 0 atom stereocenters. The van der Waals surface area contributed by atoms with Gasteiger partial charge in [-0.25, -0.2) is 4.98 Å². The lowest BCUT2D eigenvalue weighted by atomic mass is 10.1. The molecule has 108 valence electrons. The third-order valence-corrected chi connectivity index (χ3v) is 2.63. The van der Waals surface area contributed by atoms with Gasteiger partial charge in [-0.3, -0.25) is 9.59 Å². The average Bonchev–Trinajstić information content (AvgIpc) is 2.44. The molecule has 0 saturated carbocycles. The lowest BCUT2D eigenvalue weighted by Gasteiger charge is -2.05. The molecule has 1 aromatic carbocycles. The summed E-state index contributed by atoms with van der Waals surface area (Å²) in [5.74, 6) is -1.69. The summed E-state index contributed by atoms with van der Waals surface area (Å²) in [6.45, 7) is 0. The number of benzene rings is 1. The van der Waals surface area contributed by atoms with Crippen molar-refractivity contribution < 1.29 is 24.9 Å². The molecule has 0 radical (unpaired) electrons. The van der Waals surface area contributed by atoms with Gasteiger partial charge in [-0.15, -0.1) is 0 Å². The van der Waals surface area contributed by atoms with Crippen molar-refractivity contribution in [3.05, 3.63) is 42.1 Å². The Labute approximate surface area is 119 Å². The van der Waals surface area contributed by atoms with Crippen LogP contribution in [0.25, 0.3) is 0 Å². The number of aromatic hydroxyl groups is 3. The van der Waals surface area contributed by atoms with Crippen molar-refractivity contribution in [2.75, 3.05) is 5.32 Å². The van der Waals surface area contributed by atoms with Gasteiger partial charge in [-0.1, -0.05) is 0 Å². The van der Waals surface area contributed by atoms with Crippen molar-refractivity contribution in [1.82, 2.24) is 4.98 Å². The number of rotatable bonds is 4. The Morgan fingerprint density at radius 3 is 2.43 bits per heavy atom. The van der Waals surface area contributed by atoms with Gasteiger partial charge in [0.05, 0.1) is 12.6 Å². The maximum Gasteiger partial charge on any atom is 0.233 e. The second kappa shape index (κ2) is 5.91. The van der Waals surface area contributed by atoms with Crippen molar-refractivity contribution in [3.63, 3.8) is 0 Å². The number of pyridine rings is 1. The molecule has 0 aliphatic heterocycles. The minimum absolute atomic E-state index is 0.0383. The third kappa shape index (κ3) is 3.69. The zero-order valence-electron chi connectivity index (χ0n) is 10.8. The highest BCUT2D eigenvalue weighted by Gasteiger charge is 2.14. The van der Waals surface area contributed by atoms with Crippen LogP contribution >= 0.6 is 0 Å². The third-order valence-electron chi connectivity index (χ3n) is 2.63. The van der Waals surface area contributed by atoms with Crippen LogP contribution in [0.2, 0.25) is 0 Å². The first-order chi connectivity index (χ1) is 9.95. The van der Waals surface area contributed by atoms with E-state index in [-0.39, 0.29) is 22.9 Å². The summed E-state index contributed by atoms with van der Waals surface area (Å²) in [7, 11) is 0. The Balaban J connectivity index is 2.00. The van der Waals surface area contributed by atoms with Crippen molar-refractivity contribution in [3.8, 4) is 17.2 Å². The number of anilines is 1. The highest BCUT2D eigenvalue weighted by molar-refractivity contribution is 6.11. The van der Waals surface area contributed by atoms with Gasteiger partial charge in [0.25, 0.3) is 0 Å². The van der Waals surface area contributed by atoms with E-state index >= 15 is 0 Å². The summed E-state index contributed by atoms with van der Waals surface area (Å²) in [6.07, 6.45) is 0.724. The minimum Gasteiger partial charge on any atom is -0.506 e. The van der Waals surface area contributed by atoms with E-state index in [2.05, 4.69) is 10.3 Å². The van der Waals surface area contributed by atoms with Crippen molar-refractivity contribution in [2.24, 2.45) is 0 Å². The zero-order chi connectivity index (χ0) is 15.4. The van der Waals surface area contributed by atoms with Crippen molar-refractivity contribution in [2.45, 2.75) is 6.42 Å². The molecule has 21 heavy (non-hydrogen) atoms. The van der Waals surface area contributed by atoms with E-state index in [0.717, 1.165) is 12.3 Å². The van der Waals surface area contributed by atoms with Crippen LogP contribution in [0.15, 0.2) is 36.5 Å². The number of Topliss-reactive ketones (excluding diaryl/α,β-unsaturated/α-hetero) is 1. The molecular formula is C14H12N2O5. The van der Waals surface area contributed by atoms with E-state index in [1.807, 2.05) is 0 Å². The second-order valence-corrected chi connectivity index (χ2v) is 4.25. The molecule has 1 amide bonds. The lowest BCUT2D eigenvalue weighted by molar-refractivity contribution is -0.115. The average molecular weight is 288 g/mol. The number of ketones is 1. The summed E-state index contributed by atoms with van der Waals surface area (Å²) < 4.78 is 0. The molecule has 0 aliphatic rings. The van der Waals surface area contributed by atoms with Gasteiger partial charge < -0.3 is 20.6 Å². The Morgan fingerprint density at radius 2 is 1.81 bits per heavy atom. The van der Waals surface area contributed by atoms with E-state index in [4.69, 9.17) is 10.2 Å². The fourth-order valence-corrected chi connectivity index (χ4v) is 1.59. The number of aromatic nitrogens is 1. The number of nitrogens with zero attached hydrogens (tertiary/aromatic N) is 1. The molecule has 0 bridgehead atoms. The molecule has 1 aromatic heterocycles. The van der Waals surface area contributed by atoms with E-state index in [0.29, 0.717) is 0 Å². The van der Waals surface area contributed by atoms with Gasteiger partial charge >= 0.3 is 0 Å². The predicted octanol–water partition coefficient (Wildman–Crippen LogP) is 1.41. The molecule has 0 fully saturated rings. The molecule has 1 heterocycles. The largest absolute Gasteiger partial charge is 0.506 e. The van der Waals surface area contributed by atoms with Gasteiger partial charge in [0, 0.05) is 5.56 Å². The SMILES string of the molecule is O=C(CC(=O)c1ccc(O)c(O)c1)Nc1ccc(O)cn1. The quantitative estimate of drug-likeness (QED) is 0.383. The van der Waals surface area contributed by atoms with Gasteiger partial charge in [0.2, 0.25) is 5.91 Å². The van der Waals surface area contributed by atoms with E-state index in [1.54, 1.807) is 0 Å². The molecule has 0 saturated heterocycles. The van der Waals surface area contributed by atoms with E-state index in [9.17, 15) is 14.7 Å². The number of phenolic OH excluding ortho intramolecular Hbond substituents is 2. The van der Waals surface area contributed by atoms with Crippen LogP contribution in [0, 0.1) is 0 Å². The van der Waals surface area contributed by atoms with Gasteiger partial charge in [-0.2, -0.15) is 0 Å². The summed E-state index contributed by atoms with van der Waals surface area (Å²) in [4.78, 5) is 27.3.